The lowest BCUT2D eigenvalue weighted by Gasteiger charge is -2.30. The van der Waals surface area contributed by atoms with Crippen molar-refractivity contribution >= 4 is 17.6 Å². The Bertz CT molecular complexity index is 629. The molecule has 1 aromatic rings. The number of nitro benzene ring substituents is 1. The summed E-state index contributed by atoms with van der Waals surface area (Å²) in [6.45, 7) is 4.54. The van der Waals surface area contributed by atoms with Crippen molar-refractivity contribution in [1.82, 2.24) is 4.90 Å². The molecule has 1 atom stereocenters. The summed E-state index contributed by atoms with van der Waals surface area (Å²) in [7, 11) is 0. The lowest BCUT2D eigenvalue weighted by Crippen LogP contribution is -2.41. The van der Waals surface area contributed by atoms with E-state index in [9.17, 15) is 19.7 Å². The lowest BCUT2D eigenvalue weighted by atomic mass is 10.0. The Morgan fingerprint density at radius 3 is 2.83 bits per heavy atom. The molecule has 0 bridgehead atoms. The third-order valence-electron chi connectivity index (χ3n) is 3.98. The summed E-state index contributed by atoms with van der Waals surface area (Å²) >= 11 is 0. The smallest absolute Gasteiger partial charge is 0.345 e. The number of likely N-dealkylation sites (tertiary alicyclic amines) is 1. The van der Waals surface area contributed by atoms with Crippen LogP contribution in [0.1, 0.15) is 35.7 Å². The average Bonchev–Trinajstić information content (AvgIpc) is 2.51. The van der Waals surface area contributed by atoms with Gasteiger partial charge in [-0.2, -0.15) is 0 Å². The Kier molecular flexibility index (Phi) is 5.31. The summed E-state index contributed by atoms with van der Waals surface area (Å²) in [5.41, 5.74) is -0.0352. The van der Waals surface area contributed by atoms with Crippen molar-refractivity contribution in [3.05, 3.63) is 39.4 Å². The molecular weight excluding hydrogens is 300 g/mol. The van der Waals surface area contributed by atoms with Gasteiger partial charge in [0.2, 0.25) is 0 Å². The minimum Gasteiger partial charge on any atom is -0.452 e. The number of nitro groups is 1. The van der Waals surface area contributed by atoms with Crippen LogP contribution in [-0.2, 0) is 9.53 Å². The number of ether oxygens (including phenoxy) is 1. The van der Waals surface area contributed by atoms with E-state index in [0.29, 0.717) is 24.6 Å². The van der Waals surface area contributed by atoms with E-state index in [1.165, 1.54) is 6.07 Å². The fourth-order valence-corrected chi connectivity index (χ4v) is 2.78. The molecule has 1 heterocycles. The molecule has 0 unspecified atom stereocenters. The Hall–Kier alpha value is -2.44. The van der Waals surface area contributed by atoms with E-state index < -0.39 is 17.5 Å². The molecule has 0 aromatic heterocycles. The van der Waals surface area contributed by atoms with Gasteiger partial charge in [0.1, 0.15) is 5.56 Å². The maximum absolute atomic E-state index is 12.1. The summed E-state index contributed by atoms with van der Waals surface area (Å²) in [5.74, 6) is -0.680. The first kappa shape index (κ1) is 16.9. The number of carbonyl (C=O) groups excluding carboxylic acids is 2. The normalized spacial score (nSPS) is 17.7. The van der Waals surface area contributed by atoms with Gasteiger partial charge in [0, 0.05) is 18.7 Å². The van der Waals surface area contributed by atoms with E-state index >= 15 is 0 Å². The van der Waals surface area contributed by atoms with Gasteiger partial charge in [-0.1, -0.05) is 19.1 Å². The molecule has 2 rings (SSSR count). The van der Waals surface area contributed by atoms with Crippen molar-refractivity contribution in [2.24, 2.45) is 5.92 Å². The van der Waals surface area contributed by atoms with Crippen LogP contribution in [0.25, 0.3) is 0 Å². The highest BCUT2D eigenvalue weighted by molar-refractivity contribution is 5.95. The first-order valence-corrected chi connectivity index (χ1v) is 7.59. The van der Waals surface area contributed by atoms with Gasteiger partial charge in [0.05, 0.1) is 4.92 Å². The molecule has 7 nitrogen and oxygen atoms in total. The summed E-state index contributed by atoms with van der Waals surface area (Å²) < 4.78 is 4.99. The number of aryl methyl sites for hydroxylation is 1. The molecule has 1 aromatic carbocycles. The van der Waals surface area contributed by atoms with E-state index in [-0.39, 0.29) is 17.2 Å². The Balaban J connectivity index is 2.01. The zero-order valence-corrected chi connectivity index (χ0v) is 13.3. The predicted molar refractivity (Wildman–Crippen MR) is 83.1 cm³/mol. The van der Waals surface area contributed by atoms with Crippen LogP contribution in [0, 0.1) is 23.0 Å². The molecule has 0 N–H and O–H groups in total. The summed E-state index contributed by atoms with van der Waals surface area (Å²) in [6.07, 6.45) is 2.02. The van der Waals surface area contributed by atoms with Crippen LogP contribution in [0.4, 0.5) is 5.69 Å². The Morgan fingerprint density at radius 1 is 1.43 bits per heavy atom. The number of benzene rings is 1. The molecule has 124 valence electrons. The molecule has 0 saturated carbocycles. The van der Waals surface area contributed by atoms with Gasteiger partial charge in [-0.3, -0.25) is 14.9 Å². The first-order chi connectivity index (χ1) is 10.9. The second kappa shape index (κ2) is 7.21. The van der Waals surface area contributed by atoms with Gasteiger partial charge in [-0.15, -0.1) is 0 Å². The van der Waals surface area contributed by atoms with Crippen molar-refractivity contribution in [2.45, 2.75) is 26.7 Å². The van der Waals surface area contributed by atoms with Crippen LogP contribution < -0.4 is 0 Å². The highest BCUT2D eigenvalue weighted by atomic mass is 16.6. The molecule has 1 fully saturated rings. The zero-order valence-electron chi connectivity index (χ0n) is 13.3. The number of carbonyl (C=O) groups is 2. The molecule has 1 saturated heterocycles. The summed E-state index contributed by atoms with van der Waals surface area (Å²) in [5, 5.41) is 11.1. The SMILES string of the molecule is Cc1cccc(C(=O)OCC(=O)N2CCC[C@@H](C)C2)c1[N+](=O)[O-]. The van der Waals surface area contributed by atoms with E-state index in [4.69, 9.17) is 4.74 Å². The largest absolute Gasteiger partial charge is 0.452 e. The van der Waals surface area contributed by atoms with Crippen molar-refractivity contribution in [2.75, 3.05) is 19.7 Å². The number of hydrogen-bond donors (Lipinski definition) is 0. The standard InChI is InChI=1S/C16H20N2O5/c1-11-5-4-8-17(9-11)14(19)10-23-16(20)13-7-3-6-12(2)15(13)18(21)22/h3,6-7,11H,4-5,8-10H2,1-2H3/t11-/m1/s1. The van der Waals surface area contributed by atoms with Crippen LogP contribution in [0.3, 0.4) is 0 Å². The Morgan fingerprint density at radius 2 is 2.17 bits per heavy atom. The summed E-state index contributed by atoms with van der Waals surface area (Å²) in [6, 6.07) is 4.43. The maximum Gasteiger partial charge on any atom is 0.345 e. The van der Waals surface area contributed by atoms with Crippen molar-refractivity contribution < 1.29 is 19.2 Å². The number of amides is 1. The van der Waals surface area contributed by atoms with E-state index in [0.717, 1.165) is 12.8 Å². The van der Waals surface area contributed by atoms with Crippen molar-refractivity contribution in [1.29, 1.82) is 0 Å². The van der Waals surface area contributed by atoms with Crippen molar-refractivity contribution in [3.8, 4) is 0 Å². The monoisotopic (exact) mass is 320 g/mol. The van der Waals surface area contributed by atoms with Gasteiger partial charge >= 0.3 is 5.97 Å². The van der Waals surface area contributed by atoms with Crippen LogP contribution in [0.2, 0.25) is 0 Å². The number of esters is 1. The zero-order chi connectivity index (χ0) is 17.0. The molecule has 0 aliphatic carbocycles. The minimum absolute atomic E-state index is 0.130. The third kappa shape index (κ3) is 4.06. The number of hydrogen-bond acceptors (Lipinski definition) is 5. The van der Waals surface area contributed by atoms with Crippen LogP contribution in [-0.4, -0.2) is 41.4 Å². The maximum atomic E-state index is 12.1. The van der Waals surface area contributed by atoms with E-state index in [1.54, 1.807) is 24.0 Å². The van der Waals surface area contributed by atoms with Crippen molar-refractivity contribution in [3.63, 3.8) is 0 Å². The highest BCUT2D eigenvalue weighted by Gasteiger charge is 2.26. The average molecular weight is 320 g/mol. The second-order valence-electron chi connectivity index (χ2n) is 5.89. The van der Waals surface area contributed by atoms with Gasteiger partial charge in [-0.25, -0.2) is 4.79 Å². The molecule has 1 aliphatic heterocycles. The van der Waals surface area contributed by atoms with Crippen LogP contribution >= 0.6 is 0 Å². The lowest BCUT2D eigenvalue weighted by molar-refractivity contribution is -0.385. The predicted octanol–water partition coefficient (Wildman–Crippen LogP) is 2.32. The number of para-hydroxylation sites is 1. The topological polar surface area (TPSA) is 89.8 Å². The fraction of sp³-hybridized carbons (Fsp3) is 0.500. The van der Waals surface area contributed by atoms with Gasteiger partial charge in [0.15, 0.2) is 6.61 Å². The molecule has 0 spiro atoms. The quantitative estimate of drug-likeness (QED) is 0.482. The third-order valence-corrected chi connectivity index (χ3v) is 3.98. The number of rotatable bonds is 4. The van der Waals surface area contributed by atoms with Gasteiger partial charge < -0.3 is 9.64 Å². The Labute approximate surface area is 134 Å². The number of piperidine rings is 1. The minimum atomic E-state index is -0.848. The first-order valence-electron chi connectivity index (χ1n) is 7.59. The molecule has 23 heavy (non-hydrogen) atoms. The highest BCUT2D eigenvalue weighted by Crippen LogP contribution is 2.23. The number of nitrogens with zero attached hydrogens (tertiary/aromatic N) is 2. The molecule has 7 heteroatoms. The second-order valence-corrected chi connectivity index (χ2v) is 5.89. The van der Waals surface area contributed by atoms with Gasteiger partial charge in [0.25, 0.3) is 11.6 Å². The molecule has 1 amide bonds. The molecule has 0 radical (unpaired) electrons. The van der Waals surface area contributed by atoms with Crippen LogP contribution in [0.5, 0.6) is 0 Å². The molecular formula is C16H20N2O5. The fourth-order valence-electron chi connectivity index (χ4n) is 2.78. The van der Waals surface area contributed by atoms with Gasteiger partial charge in [-0.05, 0) is 31.7 Å². The van der Waals surface area contributed by atoms with E-state index in [2.05, 4.69) is 6.92 Å². The molecule has 1 aliphatic rings. The van der Waals surface area contributed by atoms with Crippen LogP contribution in [0.15, 0.2) is 18.2 Å². The van der Waals surface area contributed by atoms with E-state index in [1.807, 2.05) is 0 Å². The summed E-state index contributed by atoms with van der Waals surface area (Å²) in [4.78, 5) is 36.3.